The van der Waals surface area contributed by atoms with Gasteiger partial charge in [-0.2, -0.15) is 0 Å². The third-order valence-electron chi connectivity index (χ3n) is 10.1. The first-order valence-corrected chi connectivity index (χ1v) is 15.6. The van der Waals surface area contributed by atoms with Crippen LogP contribution in [0.5, 0.6) is 0 Å². The fourth-order valence-corrected chi connectivity index (χ4v) is 7.60. The predicted molar refractivity (Wildman–Crippen MR) is 176 cm³/mol. The molecule has 6 rings (SSSR count). The molecule has 46 heavy (non-hydrogen) atoms. The first kappa shape index (κ1) is 31.0. The van der Waals surface area contributed by atoms with Crippen molar-refractivity contribution in [2.45, 2.75) is 53.0 Å². The first-order chi connectivity index (χ1) is 22.1. The number of aromatic amines is 3. The Morgan fingerprint density at radius 3 is 2.39 bits per heavy atom. The predicted octanol–water partition coefficient (Wildman–Crippen LogP) is 2.11. The van der Waals surface area contributed by atoms with Gasteiger partial charge in [0.15, 0.2) is 5.78 Å². The lowest BCUT2D eigenvalue weighted by molar-refractivity contribution is -0.142. The van der Waals surface area contributed by atoms with Gasteiger partial charge in [0.1, 0.15) is 5.92 Å². The molecule has 4 atom stereocenters. The average molecular weight is 625 g/mol. The van der Waals surface area contributed by atoms with E-state index < -0.39 is 17.9 Å². The Morgan fingerprint density at radius 1 is 1.00 bits per heavy atom. The van der Waals surface area contributed by atoms with Crippen LogP contribution in [-0.2, 0) is 25.5 Å². The van der Waals surface area contributed by atoms with Crippen molar-refractivity contribution in [3.05, 3.63) is 78.4 Å². The number of aliphatic hydroxyl groups is 1. The molecule has 0 saturated carbocycles. The van der Waals surface area contributed by atoms with Crippen molar-refractivity contribution in [1.82, 2.24) is 20.3 Å². The van der Waals surface area contributed by atoms with Gasteiger partial charge in [0.25, 0.3) is 0 Å². The van der Waals surface area contributed by atoms with Crippen molar-refractivity contribution in [2.24, 2.45) is 17.8 Å². The number of hydrogen-bond acceptors (Lipinski definition) is 7. The summed E-state index contributed by atoms with van der Waals surface area (Å²) in [6.45, 7) is 12.1. The highest BCUT2D eigenvalue weighted by molar-refractivity contribution is 6.19. The topological polar surface area (TPSA) is 149 Å². The Hall–Kier alpha value is -4.99. The summed E-state index contributed by atoms with van der Waals surface area (Å²) >= 11 is 0. The average Bonchev–Trinajstić information content (AvgIpc) is 3.79. The van der Waals surface area contributed by atoms with E-state index >= 15 is 0 Å². The number of nitrogens with one attached hydrogen (secondary N) is 4. The molecule has 1 fully saturated rings. The number of allylic oxidation sites excluding steroid dienone is 1. The van der Waals surface area contributed by atoms with Crippen LogP contribution in [0.2, 0.25) is 0 Å². The third kappa shape index (κ3) is 4.66. The number of rotatable bonds is 6. The van der Waals surface area contributed by atoms with Crippen LogP contribution >= 0.6 is 0 Å². The van der Waals surface area contributed by atoms with Crippen LogP contribution in [-0.4, -0.2) is 58.0 Å². The summed E-state index contributed by atoms with van der Waals surface area (Å²) in [6, 6.07) is -0.446. The highest BCUT2D eigenvalue weighted by Gasteiger charge is 2.49. The van der Waals surface area contributed by atoms with Crippen LogP contribution in [0.15, 0.2) is 12.3 Å². The molecule has 0 aromatic carbocycles. The molecule has 3 aromatic heterocycles. The number of methoxy groups -OCH3 is 2. The minimum Gasteiger partial charge on any atom is -0.515 e. The molecule has 2 aliphatic heterocycles. The first-order valence-electron chi connectivity index (χ1n) is 15.6. The Morgan fingerprint density at radius 2 is 1.74 bits per heavy atom. The number of ether oxygens (including phenoxy) is 2. The monoisotopic (exact) mass is 624 g/mol. The Bertz CT molecular complexity index is 2090. The van der Waals surface area contributed by atoms with Gasteiger partial charge in [-0.05, 0) is 73.1 Å². The lowest BCUT2D eigenvalue weighted by atomic mass is 9.80. The molecule has 8 bridgehead atoms. The van der Waals surface area contributed by atoms with Crippen LogP contribution < -0.4 is 26.6 Å². The number of ketones is 1. The van der Waals surface area contributed by atoms with Gasteiger partial charge in [-0.15, -0.1) is 0 Å². The largest absolute Gasteiger partial charge is 0.515 e. The SMILES string of the molecule is C=Cc1c2[nH]c(c1C)/C=C1/NC(C3=c4[nH]/c(c(C)c4C(=O)[C@@H]3C(=O)OC)=C\c3[nH]c(/c(=C\O)c3CC)=C\2)[C@@H](CCC(=O)OC)[C@@H]1C. The van der Waals surface area contributed by atoms with Gasteiger partial charge in [0, 0.05) is 56.8 Å². The van der Waals surface area contributed by atoms with Crippen LogP contribution in [0.3, 0.4) is 0 Å². The van der Waals surface area contributed by atoms with Crippen molar-refractivity contribution < 1.29 is 29.0 Å². The van der Waals surface area contributed by atoms with Crippen LogP contribution in [0.4, 0.5) is 0 Å². The number of esters is 2. The quantitative estimate of drug-likeness (QED) is 0.208. The van der Waals surface area contributed by atoms with Crippen molar-refractivity contribution in [3.63, 3.8) is 0 Å². The van der Waals surface area contributed by atoms with Crippen molar-refractivity contribution in [3.8, 4) is 0 Å². The van der Waals surface area contributed by atoms with Crippen LogP contribution in [0, 0.1) is 31.6 Å². The Labute approximate surface area is 266 Å². The van der Waals surface area contributed by atoms with Crippen molar-refractivity contribution in [2.75, 3.05) is 14.2 Å². The molecule has 240 valence electrons. The number of aliphatic hydroxyl groups excluding tert-OH is 1. The lowest BCUT2D eigenvalue weighted by Crippen LogP contribution is -2.38. The van der Waals surface area contributed by atoms with Gasteiger partial charge in [-0.3, -0.25) is 14.4 Å². The second-order valence-corrected chi connectivity index (χ2v) is 12.3. The molecule has 0 spiro atoms. The fraction of sp³-hybridized carbons (Fsp3) is 0.361. The lowest BCUT2D eigenvalue weighted by Gasteiger charge is -2.25. The maximum atomic E-state index is 14.1. The molecule has 0 amide bonds. The second kappa shape index (κ2) is 11.7. The molecular weight excluding hydrogens is 584 g/mol. The van der Waals surface area contributed by atoms with Crippen LogP contribution in [0.1, 0.15) is 76.4 Å². The molecule has 0 radical (unpaired) electrons. The van der Waals surface area contributed by atoms with Crippen LogP contribution in [0.25, 0.3) is 36.1 Å². The molecule has 3 aromatic rings. The van der Waals surface area contributed by atoms with E-state index in [0.717, 1.165) is 62.0 Å². The zero-order chi connectivity index (χ0) is 33.0. The minimum absolute atomic E-state index is 0.0621. The van der Waals surface area contributed by atoms with Gasteiger partial charge >= 0.3 is 11.9 Å². The number of carbonyl (C=O) groups excluding carboxylic acids is 3. The normalized spacial score (nSPS) is 24.4. The number of fused-ring (bicyclic) bond motifs is 8. The molecule has 5 N–H and O–H groups in total. The van der Waals surface area contributed by atoms with Gasteiger partial charge in [0.2, 0.25) is 0 Å². The summed E-state index contributed by atoms with van der Waals surface area (Å²) in [4.78, 5) is 50.3. The zero-order valence-corrected chi connectivity index (χ0v) is 27.0. The van der Waals surface area contributed by atoms with Crippen molar-refractivity contribution >= 4 is 53.9 Å². The number of hydrogen-bond donors (Lipinski definition) is 5. The van der Waals surface area contributed by atoms with Gasteiger partial charge in [-0.1, -0.05) is 26.5 Å². The third-order valence-corrected chi connectivity index (χ3v) is 10.1. The summed E-state index contributed by atoms with van der Waals surface area (Å²) in [6.07, 6.45) is 10.2. The molecule has 10 nitrogen and oxygen atoms in total. The number of carbonyl (C=O) groups is 3. The van der Waals surface area contributed by atoms with E-state index in [1.807, 2.05) is 39.0 Å². The number of H-pyrrole nitrogens is 3. The van der Waals surface area contributed by atoms with E-state index in [4.69, 9.17) is 9.47 Å². The smallest absolute Gasteiger partial charge is 0.320 e. The van der Waals surface area contributed by atoms with E-state index in [-0.39, 0.29) is 30.0 Å². The molecule has 3 aliphatic rings. The zero-order valence-electron chi connectivity index (χ0n) is 27.0. The van der Waals surface area contributed by atoms with E-state index in [2.05, 4.69) is 39.8 Å². The fourth-order valence-electron chi connectivity index (χ4n) is 7.60. The minimum atomic E-state index is -1.12. The summed E-state index contributed by atoms with van der Waals surface area (Å²) in [5, 5.41) is 16.8. The summed E-state index contributed by atoms with van der Waals surface area (Å²) in [5.74, 6) is -2.58. The van der Waals surface area contributed by atoms with E-state index in [1.54, 1.807) is 0 Å². The second-order valence-electron chi connectivity index (χ2n) is 12.3. The van der Waals surface area contributed by atoms with E-state index in [1.165, 1.54) is 14.2 Å². The standard InChI is InChI=1S/C36H40N4O6/c1-8-19-16(3)23-12-24-17(4)21(10-11-29(42)45-6)33(39-24)31-32(36(44)46-7)35(43)30-18(5)25(40-34(30)31)13-27-20(9-2)22(15-41)28(38-27)14-26(19)37-23/h8,12-15,17,21,32-33,37-41H,1,9-11H2,2-7H3/b22-15-,24-12+,25-13-,28-14-/t17-,21-,32+,33?/m0/s1. The molecule has 10 heteroatoms. The Kier molecular flexibility index (Phi) is 7.92. The maximum absolute atomic E-state index is 14.1. The van der Waals surface area contributed by atoms with E-state index in [9.17, 15) is 19.5 Å². The summed E-state index contributed by atoms with van der Waals surface area (Å²) in [5.41, 5.74) is 8.03. The summed E-state index contributed by atoms with van der Waals surface area (Å²) in [7, 11) is 2.66. The maximum Gasteiger partial charge on any atom is 0.320 e. The van der Waals surface area contributed by atoms with Gasteiger partial charge in [-0.25, -0.2) is 0 Å². The highest BCUT2D eigenvalue weighted by atomic mass is 16.5. The van der Waals surface area contributed by atoms with Gasteiger partial charge < -0.3 is 34.8 Å². The van der Waals surface area contributed by atoms with E-state index in [0.29, 0.717) is 34.5 Å². The molecule has 1 unspecified atom stereocenters. The Balaban J connectivity index is 1.73. The number of Topliss-reactive ketones (excluding diaryl/α,β-unsaturated/α-hetero) is 1. The molecule has 5 heterocycles. The van der Waals surface area contributed by atoms with Gasteiger partial charge in [0.05, 0.1) is 37.2 Å². The highest BCUT2D eigenvalue weighted by Crippen LogP contribution is 2.42. The molecular formula is C36H40N4O6. The molecule has 1 saturated heterocycles. The number of aromatic nitrogens is 3. The van der Waals surface area contributed by atoms with Crippen molar-refractivity contribution in [1.29, 1.82) is 0 Å². The molecule has 1 aliphatic carbocycles. The summed E-state index contributed by atoms with van der Waals surface area (Å²) < 4.78 is 10.2.